The maximum atomic E-state index is 12.3. The fraction of sp³-hybridized carbons (Fsp3) is 0.583. The maximum Gasteiger partial charge on any atom is 0.290 e. The van der Waals surface area contributed by atoms with Gasteiger partial charge in [-0.15, -0.1) is 0 Å². The van der Waals surface area contributed by atoms with Gasteiger partial charge in [0.15, 0.2) is 5.76 Å². The number of nitrogens with two attached hydrogens (primary N) is 1. The highest BCUT2D eigenvalue weighted by atomic mass is 16.5. The lowest BCUT2D eigenvalue weighted by atomic mass is 10.0. The predicted molar refractivity (Wildman–Crippen MR) is 62.5 cm³/mol. The normalized spacial score (nSPS) is 19.4. The zero-order chi connectivity index (χ0) is 12.5. The van der Waals surface area contributed by atoms with E-state index in [2.05, 4.69) is 0 Å². The van der Waals surface area contributed by atoms with E-state index >= 15 is 0 Å². The third kappa shape index (κ3) is 2.35. The van der Waals surface area contributed by atoms with Crippen molar-refractivity contribution in [1.29, 1.82) is 0 Å². The van der Waals surface area contributed by atoms with Crippen LogP contribution < -0.4 is 5.73 Å². The molecule has 5 heteroatoms. The lowest BCUT2D eigenvalue weighted by Crippen LogP contribution is -2.55. The minimum atomic E-state index is -0.301. The molecule has 94 valence electrons. The quantitative estimate of drug-likeness (QED) is 0.834. The van der Waals surface area contributed by atoms with Gasteiger partial charge in [-0.2, -0.15) is 0 Å². The molecule has 0 unspecified atom stereocenters. The molecule has 2 N–H and O–H groups in total. The Morgan fingerprint density at radius 3 is 2.88 bits per heavy atom. The van der Waals surface area contributed by atoms with Crippen molar-refractivity contribution in [2.24, 2.45) is 5.73 Å². The van der Waals surface area contributed by atoms with Crippen LogP contribution in [0.15, 0.2) is 16.5 Å². The van der Waals surface area contributed by atoms with Crippen molar-refractivity contribution < 1.29 is 13.9 Å². The molecule has 1 aromatic heterocycles. The number of morpholine rings is 1. The first-order valence-electron chi connectivity index (χ1n) is 5.73. The van der Waals surface area contributed by atoms with E-state index in [1.54, 1.807) is 17.0 Å². The van der Waals surface area contributed by atoms with Crippen molar-refractivity contribution in [1.82, 2.24) is 4.90 Å². The monoisotopic (exact) mass is 238 g/mol. The minimum absolute atomic E-state index is 0.0991. The average Bonchev–Trinajstić information content (AvgIpc) is 2.76. The predicted octanol–water partition coefficient (Wildman–Crippen LogP) is 0.989. The highest BCUT2D eigenvalue weighted by Crippen LogP contribution is 2.22. The topological polar surface area (TPSA) is 68.7 Å². The molecular weight excluding hydrogens is 220 g/mol. The third-order valence-electron chi connectivity index (χ3n) is 2.96. The number of ether oxygens (including phenoxy) is 1. The van der Waals surface area contributed by atoms with E-state index in [1.807, 2.05) is 13.8 Å². The molecule has 2 rings (SSSR count). The number of hydrogen-bond donors (Lipinski definition) is 1. The molecule has 0 radical (unpaired) electrons. The molecule has 0 aromatic carbocycles. The molecule has 1 saturated heterocycles. The summed E-state index contributed by atoms with van der Waals surface area (Å²) in [6, 6.07) is 3.41. The molecule has 5 nitrogen and oxygen atoms in total. The van der Waals surface area contributed by atoms with E-state index in [4.69, 9.17) is 14.9 Å². The summed E-state index contributed by atoms with van der Waals surface area (Å²) in [4.78, 5) is 14.1. The van der Waals surface area contributed by atoms with Crippen LogP contribution in [0.3, 0.4) is 0 Å². The van der Waals surface area contributed by atoms with Crippen molar-refractivity contribution >= 4 is 5.91 Å². The van der Waals surface area contributed by atoms with E-state index in [9.17, 15) is 4.79 Å². The van der Waals surface area contributed by atoms with Crippen molar-refractivity contribution in [2.45, 2.75) is 25.9 Å². The van der Waals surface area contributed by atoms with Gasteiger partial charge in [0, 0.05) is 6.54 Å². The summed E-state index contributed by atoms with van der Waals surface area (Å²) < 4.78 is 10.8. The van der Waals surface area contributed by atoms with E-state index in [0.717, 1.165) is 0 Å². The highest BCUT2D eigenvalue weighted by molar-refractivity contribution is 5.92. The van der Waals surface area contributed by atoms with Gasteiger partial charge in [0.2, 0.25) is 0 Å². The molecular formula is C12H18N2O3. The second kappa shape index (κ2) is 4.50. The van der Waals surface area contributed by atoms with E-state index in [1.165, 1.54) is 0 Å². The molecule has 1 fully saturated rings. The van der Waals surface area contributed by atoms with E-state index in [-0.39, 0.29) is 11.4 Å². The van der Waals surface area contributed by atoms with Crippen molar-refractivity contribution in [2.75, 3.05) is 19.8 Å². The van der Waals surface area contributed by atoms with Crippen LogP contribution in [0, 0.1) is 0 Å². The van der Waals surface area contributed by atoms with Crippen LogP contribution in [-0.2, 0) is 11.3 Å². The summed E-state index contributed by atoms with van der Waals surface area (Å²) in [6.07, 6.45) is 0. The Bertz CT molecular complexity index is 412. The van der Waals surface area contributed by atoms with Crippen molar-refractivity contribution in [3.05, 3.63) is 23.7 Å². The Labute approximate surface area is 101 Å². The van der Waals surface area contributed by atoms with Crippen molar-refractivity contribution in [3.8, 4) is 0 Å². The zero-order valence-corrected chi connectivity index (χ0v) is 10.2. The molecule has 1 aromatic rings. The Kier molecular flexibility index (Phi) is 3.22. The number of carbonyl (C=O) groups is 1. The lowest BCUT2D eigenvalue weighted by Gasteiger charge is -2.41. The molecule has 2 heterocycles. The Morgan fingerprint density at radius 1 is 1.53 bits per heavy atom. The molecule has 0 saturated carbocycles. The molecule has 17 heavy (non-hydrogen) atoms. The van der Waals surface area contributed by atoms with Crippen LogP contribution in [-0.4, -0.2) is 36.1 Å². The third-order valence-corrected chi connectivity index (χ3v) is 2.96. The Morgan fingerprint density at radius 2 is 2.29 bits per heavy atom. The van der Waals surface area contributed by atoms with Gasteiger partial charge < -0.3 is 19.8 Å². The molecule has 1 aliphatic rings. The lowest BCUT2D eigenvalue weighted by molar-refractivity contribution is -0.0383. The number of furan rings is 1. The summed E-state index contributed by atoms with van der Waals surface area (Å²) in [5.74, 6) is 0.873. The molecule has 0 spiro atoms. The van der Waals surface area contributed by atoms with Crippen LogP contribution in [0.5, 0.6) is 0 Å². The van der Waals surface area contributed by atoms with Crippen LogP contribution in [0.1, 0.15) is 30.2 Å². The zero-order valence-electron chi connectivity index (χ0n) is 10.2. The fourth-order valence-corrected chi connectivity index (χ4v) is 1.97. The minimum Gasteiger partial charge on any atom is -0.455 e. The van der Waals surface area contributed by atoms with Gasteiger partial charge in [-0.1, -0.05) is 0 Å². The maximum absolute atomic E-state index is 12.3. The summed E-state index contributed by atoms with van der Waals surface area (Å²) in [5, 5.41) is 0. The van der Waals surface area contributed by atoms with Gasteiger partial charge in [0.1, 0.15) is 5.76 Å². The van der Waals surface area contributed by atoms with Crippen molar-refractivity contribution in [3.63, 3.8) is 0 Å². The average molecular weight is 238 g/mol. The summed E-state index contributed by atoms with van der Waals surface area (Å²) >= 11 is 0. The first-order valence-corrected chi connectivity index (χ1v) is 5.73. The summed E-state index contributed by atoms with van der Waals surface area (Å²) in [5.41, 5.74) is 5.16. The first-order chi connectivity index (χ1) is 8.04. The number of amides is 1. The summed E-state index contributed by atoms with van der Waals surface area (Å²) in [6.45, 7) is 5.97. The van der Waals surface area contributed by atoms with E-state index in [0.29, 0.717) is 37.8 Å². The molecule has 1 aliphatic heterocycles. The molecule has 1 amide bonds. The molecule has 0 aliphatic carbocycles. The number of carbonyl (C=O) groups excluding carboxylic acids is 1. The summed E-state index contributed by atoms with van der Waals surface area (Å²) in [7, 11) is 0. The largest absolute Gasteiger partial charge is 0.455 e. The Hall–Kier alpha value is -1.33. The smallest absolute Gasteiger partial charge is 0.290 e. The fourth-order valence-electron chi connectivity index (χ4n) is 1.97. The second-order valence-electron chi connectivity index (χ2n) is 4.79. The van der Waals surface area contributed by atoms with Gasteiger partial charge in [0.25, 0.3) is 5.91 Å². The highest BCUT2D eigenvalue weighted by Gasteiger charge is 2.35. The molecule has 0 atom stereocenters. The van der Waals surface area contributed by atoms with Crippen LogP contribution in [0.25, 0.3) is 0 Å². The van der Waals surface area contributed by atoms with Gasteiger partial charge >= 0.3 is 0 Å². The second-order valence-corrected chi connectivity index (χ2v) is 4.79. The first kappa shape index (κ1) is 12.1. The van der Waals surface area contributed by atoms with Gasteiger partial charge in [-0.3, -0.25) is 4.79 Å². The van der Waals surface area contributed by atoms with Crippen LogP contribution in [0.4, 0.5) is 0 Å². The van der Waals surface area contributed by atoms with Gasteiger partial charge in [-0.25, -0.2) is 0 Å². The SMILES string of the molecule is CC1(C)COCCN1C(=O)c1ccc(CN)o1. The van der Waals surface area contributed by atoms with E-state index < -0.39 is 0 Å². The molecule has 0 bridgehead atoms. The van der Waals surface area contributed by atoms with Gasteiger partial charge in [0.05, 0.1) is 25.3 Å². The van der Waals surface area contributed by atoms with Crippen LogP contribution in [0.2, 0.25) is 0 Å². The number of hydrogen-bond acceptors (Lipinski definition) is 4. The van der Waals surface area contributed by atoms with Gasteiger partial charge in [-0.05, 0) is 26.0 Å². The number of nitrogens with zero attached hydrogens (tertiary/aromatic N) is 1. The number of rotatable bonds is 2. The standard InChI is InChI=1S/C12H18N2O3/c1-12(2)8-16-6-5-14(12)11(15)10-4-3-9(7-13)17-10/h3-4H,5-8,13H2,1-2H3. The van der Waals surface area contributed by atoms with Crippen LogP contribution >= 0.6 is 0 Å². The Balaban J connectivity index is 2.18.